The molecule has 5 heteroatoms. The van der Waals surface area contributed by atoms with Gasteiger partial charge in [0.1, 0.15) is 17.5 Å². The molecule has 1 aromatic heterocycles. The van der Waals surface area contributed by atoms with Crippen molar-refractivity contribution in [2.24, 2.45) is 0 Å². The van der Waals surface area contributed by atoms with Crippen molar-refractivity contribution in [1.29, 1.82) is 0 Å². The Labute approximate surface area is 120 Å². The molecule has 0 amide bonds. The maximum absolute atomic E-state index is 5.92. The molecule has 2 bridgehead atoms. The number of aromatic nitrogens is 2. The molecule has 20 heavy (non-hydrogen) atoms. The van der Waals surface area contributed by atoms with Gasteiger partial charge in [-0.25, -0.2) is 9.97 Å². The number of nitrogens with zero attached hydrogens (tertiary/aromatic N) is 3. The van der Waals surface area contributed by atoms with Crippen molar-refractivity contribution in [3.8, 4) is 0 Å². The summed E-state index contributed by atoms with van der Waals surface area (Å²) < 4.78 is 5.92. The second kappa shape index (κ2) is 5.20. The minimum Gasteiger partial charge on any atom is -0.373 e. The monoisotopic (exact) mass is 276 g/mol. The summed E-state index contributed by atoms with van der Waals surface area (Å²) in [5, 5.41) is 3.20. The Hall–Kier alpha value is -1.36. The summed E-state index contributed by atoms with van der Waals surface area (Å²) in [6.45, 7) is 8.28. The molecule has 2 saturated heterocycles. The number of hydrogen-bond acceptors (Lipinski definition) is 5. The zero-order valence-electron chi connectivity index (χ0n) is 12.8. The Balaban J connectivity index is 1.97. The number of hydrogen-bond donors (Lipinski definition) is 1. The first-order valence-electron chi connectivity index (χ1n) is 7.55. The molecule has 3 rings (SSSR count). The van der Waals surface area contributed by atoms with Crippen molar-refractivity contribution in [3.63, 3.8) is 0 Å². The Bertz CT molecular complexity index is 491. The van der Waals surface area contributed by atoms with Crippen molar-refractivity contribution in [2.45, 2.75) is 51.7 Å². The highest BCUT2D eigenvalue weighted by Gasteiger charge is 2.35. The molecule has 2 aliphatic rings. The fourth-order valence-electron chi connectivity index (χ4n) is 3.12. The van der Waals surface area contributed by atoms with E-state index in [-0.39, 0.29) is 0 Å². The lowest BCUT2D eigenvalue weighted by molar-refractivity contribution is 0.0301. The molecule has 0 radical (unpaired) electrons. The smallest absolute Gasteiger partial charge is 0.137 e. The number of rotatable bonds is 3. The number of ether oxygens (including phenoxy) is 1. The van der Waals surface area contributed by atoms with Crippen LogP contribution in [0.5, 0.6) is 0 Å². The van der Waals surface area contributed by atoms with Crippen molar-refractivity contribution in [1.82, 2.24) is 9.97 Å². The van der Waals surface area contributed by atoms with Crippen LogP contribution in [0.3, 0.4) is 0 Å². The molecule has 2 unspecified atom stereocenters. The normalized spacial score (nSPS) is 25.4. The van der Waals surface area contributed by atoms with Gasteiger partial charge in [0.15, 0.2) is 0 Å². The molecule has 5 nitrogen and oxygen atoms in total. The van der Waals surface area contributed by atoms with Crippen LogP contribution in [0, 0.1) is 6.92 Å². The third-order valence-electron chi connectivity index (χ3n) is 4.23. The van der Waals surface area contributed by atoms with Crippen LogP contribution in [-0.2, 0) is 4.74 Å². The summed E-state index contributed by atoms with van der Waals surface area (Å²) in [6, 6.07) is 0. The van der Waals surface area contributed by atoms with Crippen LogP contribution in [0.15, 0.2) is 0 Å². The van der Waals surface area contributed by atoms with Crippen molar-refractivity contribution < 1.29 is 4.74 Å². The summed E-state index contributed by atoms with van der Waals surface area (Å²) in [6.07, 6.45) is 3.12. The van der Waals surface area contributed by atoms with Gasteiger partial charge in [-0.15, -0.1) is 0 Å². The minimum absolute atomic E-state index is 0.333. The highest BCUT2D eigenvalue weighted by molar-refractivity contribution is 5.59. The third-order valence-corrected chi connectivity index (χ3v) is 4.23. The lowest BCUT2D eigenvalue weighted by Gasteiger charge is -2.34. The summed E-state index contributed by atoms with van der Waals surface area (Å²) in [4.78, 5) is 11.8. The second-order valence-electron chi connectivity index (χ2n) is 6.15. The summed E-state index contributed by atoms with van der Waals surface area (Å²) in [7, 11) is 1.92. The molecule has 0 spiro atoms. The zero-order valence-corrected chi connectivity index (χ0v) is 12.8. The van der Waals surface area contributed by atoms with E-state index < -0.39 is 0 Å². The lowest BCUT2D eigenvalue weighted by atomic mass is 10.2. The minimum atomic E-state index is 0.333. The molecule has 2 fully saturated rings. The van der Waals surface area contributed by atoms with Gasteiger partial charge in [0.05, 0.1) is 12.2 Å². The van der Waals surface area contributed by atoms with E-state index in [2.05, 4.69) is 36.0 Å². The van der Waals surface area contributed by atoms with Crippen LogP contribution >= 0.6 is 0 Å². The Kier molecular flexibility index (Phi) is 3.54. The molecule has 110 valence electrons. The first-order chi connectivity index (χ1) is 9.58. The van der Waals surface area contributed by atoms with Gasteiger partial charge < -0.3 is 15.0 Å². The quantitative estimate of drug-likeness (QED) is 0.918. The predicted molar refractivity (Wildman–Crippen MR) is 80.5 cm³/mol. The molecule has 0 aliphatic carbocycles. The van der Waals surface area contributed by atoms with Gasteiger partial charge >= 0.3 is 0 Å². The summed E-state index contributed by atoms with van der Waals surface area (Å²) >= 11 is 0. The van der Waals surface area contributed by atoms with Gasteiger partial charge in [-0.2, -0.15) is 0 Å². The van der Waals surface area contributed by atoms with Crippen molar-refractivity contribution in [3.05, 3.63) is 11.4 Å². The van der Waals surface area contributed by atoms with Crippen LogP contribution in [0.25, 0.3) is 0 Å². The molecule has 0 saturated carbocycles. The van der Waals surface area contributed by atoms with Crippen LogP contribution < -0.4 is 10.2 Å². The number of morpholine rings is 1. The van der Waals surface area contributed by atoms with Crippen LogP contribution in [0.4, 0.5) is 11.6 Å². The Morgan fingerprint density at radius 3 is 2.40 bits per heavy atom. The maximum Gasteiger partial charge on any atom is 0.137 e. The maximum atomic E-state index is 5.92. The van der Waals surface area contributed by atoms with Gasteiger partial charge in [0.2, 0.25) is 0 Å². The molecule has 1 N–H and O–H groups in total. The highest BCUT2D eigenvalue weighted by Crippen LogP contribution is 2.32. The number of fused-ring (bicyclic) bond motifs is 2. The summed E-state index contributed by atoms with van der Waals surface area (Å²) in [5.41, 5.74) is 1.14. The van der Waals surface area contributed by atoms with Gasteiger partial charge in [0, 0.05) is 31.6 Å². The lowest BCUT2D eigenvalue weighted by Crippen LogP contribution is -2.43. The zero-order chi connectivity index (χ0) is 14.3. The molecule has 2 aliphatic heterocycles. The molecule has 0 aromatic carbocycles. The fraction of sp³-hybridized carbons (Fsp3) is 0.733. The predicted octanol–water partition coefficient (Wildman–Crippen LogP) is 2.32. The molecular formula is C15H24N4O. The Morgan fingerprint density at radius 2 is 1.85 bits per heavy atom. The highest BCUT2D eigenvalue weighted by atomic mass is 16.5. The molecule has 3 heterocycles. The van der Waals surface area contributed by atoms with E-state index in [1.807, 2.05) is 7.05 Å². The standard InChI is InChI=1S/C15H24N4O/c1-9(2)13-17-14(16-4)10(3)15(18-13)19-7-11-5-6-12(8-19)20-11/h9,11-12H,5-8H2,1-4H3,(H,16,17,18). The first-order valence-corrected chi connectivity index (χ1v) is 7.55. The Morgan fingerprint density at radius 1 is 1.20 bits per heavy atom. The van der Waals surface area contributed by atoms with Crippen LogP contribution in [-0.4, -0.2) is 42.3 Å². The van der Waals surface area contributed by atoms with E-state index in [0.717, 1.165) is 36.1 Å². The summed E-state index contributed by atoms with van der Waals surface area (Å²) in [5.74, 6) is 3.26. The van der Waals surface area contributed by atoms with Gasteiger partial charge in [-0.05, 0) is 19.8 Å². The van der Waals surface area contributed by atoms with Gasteiger partial charge in [0.25, 0.3) is 0 Å². The third kappa shape index (κ3) is 2.35. The second-order valence-corrected chi connectivity index (χ2v) is 6.15. The van der Waals surface area contributed by atoms with Crippen LogP contribution in [0.2, 0.25) is 0 Å². The average molecular weight is 276 g/mol. The van der Waals surface area contributed by atoms with E-state index in [4.69, 9.17) is 9.72 Å². The SMILES string of the molecule is CNc1nc(C(C)C)nc(N2CC3CCC(C2)O3)c1C. The molecule has 2 atom stereocenters. The number of anilines is 2. The fourth-order valence-corrected chi connectivity index (χ4v) is 3.12. The van der Waals surface area contributed by atoms with Crippen molar-refractivity contribution in [2.75, 3.05) is 30.4 Å². The largest absolute Gasteiger partial charge is 0.373 e. The van der Waals surface area contributed by atoms with E-state index in [1.54, 1.807) is 0 Å². The first kappa shape index (κ1) is 13.6. The van der Waals surface area contributed by atoms with Crippen molar-refractivity contribution >= 4 is 11.6 Å². The van der Waals surface area contributed by atoms with E-state index >= 15 is 0 Å². The van der Waals surface area contributed by atoms with Gasteiger partial charge in [-0.1, -0.05) is 13.8 Å². The molecule has 1 aromatic rings. The average Bonchev–Trinajstić information content (AvgIpc) is 2.77. The van der Waals surface area contributed by atoms with E-state index in [0.29, 0.717) is 18.1 Å². The molecular weight excluding hydrogens is 252 g/mol. The van der Waals surface area contributed by atoms with Crippen LogP contribution in [0.1, 0.15) is 44.0 Å². The van der Waals surface area contributed by atoms with E-state index in [1.165, 1.54) is 12.8 Å². The topological polar surface area (TPSA) is 50.3 Å². The van der Waals surface area contributed by atoms with Gasteiger partial charge in [-0.3, -0.25) is 0 Å². The number of nitrogens with one attached hydrogen (secondary N) is 1. The van der Waals surface area contributed by atoms with E-state index in [9.17, 15) is 0 Å².